The largest absolute Gasteiger partial charge is 0.338 e. The Morgan fingerprint density at radius 3 is 2.87 bits per heavy atom. The Morgan fingerprint density at radius 1 is 1.30 bits per heavy atom. The summed E-state index contributed by atoms with van der Waals surface area (Å²) in [4.78, 5) is 20.6. The quantitative estimate of drug-likeness (QED) is 0.707. The molecule has 2 aromatic heterocycles. The zero-order valence-electron chi connectivity index (χ0n) is 13.2. The van der Waals surface area contributed by atoms with Gasteiger partial charge in [0.15, 0.2) is 5.13 Å². The molecule has 0 aliphatic carbocycles. The highest BCUT2D eigenvalue weighted by Gasteiger charge is 2.07. The maximum atomic E-state index is 11.8. The number of carbonyl (C=O) groups is 1. The van der Waals surface area contributed by atoms with Gasteiger partial charge in [-0.1, -0.05) is 12.1 Å². The molecule has 0 bridgehead atoms. The van der Waals surface area contributed by atoms with Crippen LogP contribution < -0.4 is 10.6 Å². The lowest BCUT2D eigenvalue weighted by Crippen LogP contribution is -2.29. The summed E-state index contributed by atoms with van der Waals surface area (Å²) in [7, 11) is 2.02. The van der Waals surface area contributed by atoms with E-state index in [9.17, 15) is 4.79 Å². The first-order valence-electron chi connectivity index (χ1n) is 7.51. The average Bonchev–Trinajstić information content (AvgIpc) is 3.08. The molecule has 3 rings (SSSR count). The van der Waals surface area contributed by atoms with Crippen LogP contribution in [0.25, 0.3) is 11.0 Å². The van der Waals surface area contributed by atoms with Crippen LogP contribution in [-0.4, -0.2) is 27.1 Å². The average molecular weight is 329 g/mol. The van der Waals surface area contributed by atoms with E-state index >= 15 is 0 Å². The minimum absolute atomic E-state index is 0.218. The zero-order valence-corrected chi connectivity index (χ0v) is 14.0. The van der Waals surface area contributed by atoms with Gasteiger partial charge in [0.25, 0.3) is 0 Å². The first kappa shape index (κ1) is 15.5. The van der Waals surface area contributed by atoms with Gasteiger partial charge in [0.1, 0.15) is 5.82 Å². The molecule has 2 heterocycles. The van der Waals surface area contributed by atoms with Crippen molar-refractivity contribution in [2.45, 2.75) is 19.8 Å². The van der Waals surface area contributed by atoms with Gasteiger partial charge in [-0.05, 0) is 25.5 Å². The van der Waals surface area contributed by atoms with Crippen LogP contribution in [0.1, 0.15) is 17.9 Å². The van der Waals surface area contributed by atoms with Gasteiger partial charge in [0.2, 0.25) is 0 Å². The summed E-state index contributed by atoms with van der Waals surface area (Å²) in [6.45, 7) is 2.50. The molecule has 0 atom stereocenters. The molecule has 0 saturated carbocycles. The van der Waals surface area contributed by atoms with E-state index < -0.39 is 0 Å². The molecule has 7 heteroatoms. The number of aryl methyl sites for hydroxylation is 3. The lowest BCUT2D eigenvalue weighted by molar-refractivity contribution is 0.252. The molecule has 2 amide bonds. The predicted molar refractivity (Wildman–Crippen MR) is 92.9 cm³/mol. The number of rotatable bonds is 5. The maximum Gasteiger partial charge on any atom is 0.321 e. The third kappa shape index (κ3) is 3.68. The summed E-state index contributed by atoms with van der Waals surface area (Å²) >= 11 is 1.42. The van der Waals surface area contributed by atoms with Gasteiger partial charge in [-0.2, -0.15) is 0 Å². The first-order chi connectivity index (χ1) is 11.1. The number of hydrogen-bond acceptors (Lipinski definition) is 4. The number of amides is 2. The minimum Gasteiger partial charge on any atom is -0.338 e. The molecule has 0 unspecified atom stereocenters. The van der Waals surface area contributed by atoms with Crippen molar-refractivity contribution < 1.29 is 4.79 Å². The Hall–Kier alpha value is -2.41. The van der Waals surface area contributed by atoms with E-state index in [4.69, 9.17) is 0 Å². The third-order valence-electron chi connectivity index (χ3n) is 3.58. The highest BCUT2D eigenvalue weighted by molar-refractivity contribution is 7.13. The van der Waals surface area contributed by atoms with Gasteiger partial charge in [-0.3, -0.25) is 5.32 Å². The highest BCUT2D eigenvalue weighted by atomic mass is 32.1. The van der Waals surface area contributed by atoms with E-state index in [0.29, 0.717) is 11.7 Å². The molecule has 3 aromatic rings. The molecule has 1 aromatic carbocycles. The summed E-state index contributed by atoms with van der Waals surface area (Å²) in [5, 5.41) is 8.10. The second-order valence-electron chi connectivity index (χ2n) is 5.35. The van der Waals surface area contributed by atoms with Gasteiger partial charge in [0, 0.05) is 25.4 Å². The SMILES string of the molecule is Cc1csc(NC(=O)NCCCc2nc3ccccc3n2C)n1. The molecule has 2 N–H and O–H groups in total. The maximum absolute atomic E-state index is 11.8. The number of imidazole rings is 1. The number of aromatic nitrogens is 3. The van der Waals surface area contributed by atoms with E-state index in [0.717, 1.165) is 35.4 Å². The lowest BCUT2D eigenvalue weighted by atomic mass is 10.3. The van der Waals surface area contributed by atoms with Crippen LogP contribution in [-0.2, 0) is 13.5 Å². The van der Waals surface area contributed by atoms with Crippen molar-refractivity contribution >= 4 is 33.5 Å². The summed E-state index contributed by atoms with van der Waals surface area (Å²) in [5.74, 6) is 1.03. The number of carbonyl (C=O) groups excluding carboxylic acids is 1. The van der Waals surface area contributed by atoms with Crippen LogP contribution in [0.2, 0.25) is 0 Å². The third-order valence-corrected chi connectivity index (χ3v) is 4.46. The topological polar surface area (TPSA) is 71.8 Å². The molecule has 0 aliphatic heterocycles. The van der Waals surface area contributed by atoms with Crippen LogP contribution in [0.5, 0.6) is 0 Å². The molecule has 0 radical (unpaired) electrons. The molecule has 0 fully saturated rings. The summed E-state index contributed by atoms with van der Waals surface area (Å²) in [6.07, 6.45) is 1.66. The number of urea groups is 1. The van der Waals surface area contributed by atoms with Crippen LogP contribution >= 0.6 is 11.3 Å². The van der Waals surface area contributed by atoms with Crippen LogP contribution in [0.3, 0.4) is 0 Å². The number of anilines is 1. The second-order valence-corrected chi connectivity index (χ2v) is 6.21. The fraction of sp³-hybridized carbons (Fsp3) is 0.312. The van der Waals surface area contributed by atoms with Crippen LogP contribution in [0.15, 0.2) is 29.6 Å². The molecule has 0 spiro atoms. The van der Waals surface area contributed by atoms with E-state index in [1.54, 1.807) is 0 Å². The Balaban J connectivity index is 1.47. The van der Waals surface area contributed by atoms with Crippen molar-refractivity contribution in [1.82, 2.24) is 19.9 Å². The Morgan fingerprint density at radius 2 is 2.13 bits per heavy atom. The van der Waals surface area contributed by atoms with Crippen molar-refractivity contribution in [2.24, 2.45) is 7.05 Å². The molecule has 0 aliphatic rings. The van der Waals surface area contributed by atoms with Crippen molar-refractivity contribution in [3.63, 3.8) is 0 Å². The van der Waals surface area contributed by atoms with Crippen molar-refractivity contribution in [3.05, 3.63) is 41.2 Å². The smallest absolute Gasteiger partial charge is 0.321 e. The van der Waals surface area contributed by atoms with E-state index in [1.807, 2.05) is 37.6 Å². The second kappa shape index (κ2) is 6.78. The lowest BCUT2D eigenvalue weighted by Gasteiger charge is -2.05. The number of hydrogen-bond donors (Lipinski definition) is 2. The van der Waals surface area contributed by atoms with Gasteiger partial charge < -0.3 is 9.88 Å². The van der Waals surface area contributed by atoms with Crippen molar-refractivity contribution in [1.29, 1.82) is 0 Å². The van der Waals surface area contributed by atoms with Gasteiger partial charge in [0.05, 0.1) is 16.7 Å². The highest BCUT2D eigenvalue weighted by Crippen LogP contribution is 2.15. The van der Waals surface area contributed by atoms with E-state index in [-0.39, 0.29) is 6.03 Å². The van der Waals surface area contributed by atoms with Crippen molar-refractivity contribution in [3.8, 4) is 0 Å². The number of fused-ring (bicyclic) bond motifs is 1. The molecule has 6 nitrogen and oxygen atoms in total. The number of benzene rings is 1. The molecule has 120 valence electrons. The van der Waals surface area contributed by atoms with Gasteiger partial charge in [-0.25, -0.2) is 14.8 Å². The molecular formula is C16H19N5OS. The fourth-order valence-electron chi connectivity index (χ4n) is 2.42. The number of thiazole rings is 1. The number of nitrogens with one attached hydrogen (secondary N) is 2. The Bertz CT molecular complexity index is 823. The van der Waals surface area contributed by atoms with Crippen LogP contribution in [0, 0.1) is 6.92 Å². The fourth-order valence-corrected chi connectivity index (χ4v) is 3.10. The first-order valence-corrected chi connectivity index (χ1v) is 8.39. The monoisotopic (exact) mass is 329 g/mol. The number of para-hydroxylation sites is 2. The minimum atomic E-state index is -0.218. The Labute approximate surface area is 138 Å². The zero-order chi connectivity index (χ0) is 16.2. The molecular weight excluding hydrogens is 310 g/mol. The molecule has 0 saturated heterocycles. The predicted octanol–water partition coefficient (Wildman–Crippen LogP) is 3.09. The van der Waals surface area contributed by atoms with Crippen LogP contribution in [0.4, 0.5) is 9.93 Å². The van der Waals surface area contributed by atoms with Gasteiger partial charge >= 0.3 is 6.03 Å². The summed E-state index contributed by atoms with van der Waals surface area (Å²) < 4.78 is 2.10. The van der Waals surface area contributed by atoms with E-state index in [1.165, 1.54) is 11.3 Å². The van der Waals surface area contributed by atoms with Gasteiger partial charge in [-0.15, -0.1) is 11.3 Å². The number of nitrogens with zero attached hydrogens (tertiary/aromatic N) is 3. The molecule has 23 heavy (non-hydrogen) atoms. The standard InChI is InChI=1S/C16H19N5OS/c1-11-10-23-16(18-11)20-15(22)17-9-5-8-14-19-12-6-3-4-7-13(12)21(14)2/h3-4,6-7,10H,5,8-9H2,1-2H3,(H2,17,18,20,22). The summed E-state index contributed by atoms with van der Waals surface area (Å²) in [6, 6.07) is 7.86. The summed E-state index contributed by atoms with van der Waals surface area (Å²) in [5.41, 5.74) is 3.05. The van der Waals surface area contributed by atoms with Crippen molar-refractivity contribution in [2.75, 3.05) is 11.9 Å². The normalized spacial score (nSPS) is 10.9. The Kier molecular flexibility index (Phi) is 4.57. The van der Waals surface area contributed by atoms with E-state index in [2.05, 4.69) is 31.2 Å².